The van der Waals surface area contributed by atoms with Crippen LogP contribution in [0.15, 0.2) is 52.3 Å². The summed E-state index contributed by atoms with van der Waals surface area (Å²) in [7, 11) is 0. The summed E-state index contributed by atoms with van der Waals surface area (Å²) in [4.78, 5) is 4.68. The molecule has 0 radical (unpaired) electrons. The molecule has 1 aliphatic rings. The molecule has 0 spiro atoms. The summed E-state index contributed by atoms with van der Waals surface area (Å²) in [5, 5.41) is 0. The fraction of sp³-hybridized carbons (Fsp3) is 0.400. The molecule has 4 N–H and O–H groups in total. The maximum Gasteiger partial charge on any atom is 0.119 e. The maximum atomic E-state index is 5.86. The predicted molar refractivity (Wildman–Crippen MR) is 108 cm³/mol. The highest BCUT2D eigenvalue weighted by Crippen LogP contribution is 2.31. The molecular formula is C20H27N3O2S. The first-order chi connectivity index (χ1) is 12.7. The van der Waals surface area contributed by atoms with E-state index >= 15 is 0 Å². The monoisotopic (exact) mass is 373 g/mol. The van der Waals surface area contributed by atoms with Crippen molar-refractivity contribution in [2.24, 2.45) is 0 Å². The lowest BCUT2D eigenvalue weighted by Gasteiger charge is -2.26. The quantitative estimate of drug-likeness (QED) is 0.545. The van der Waals surface area contributed by atoms with Gasteiger partial charge in [0.05, 0.1) is 31.2 Å². The molecule has 1 fully saturated rings. The Bertz CT molecular complexity index is 688. The van der Waals surface area contributed by atoms with Crippen molar-refractivity contribution in [3.8, 4) is 5.75 Å². The zero-order valence-corrected chi connectivity index (χ0v) is 15.8. The number of nitrogens with zero attached hydrogens (tertiary/aromatic N) is 1. The second-order valence-corrected chi connectivity index (χ2v) is 7.52. The van der Waals surface area contributed by atoms with Crippen molar-refractivity contribution >= 4 is 23.1 Å². The van der Waals surface area contributed by atoms with Crippen LogP contribution in [0.2, 0.25) is 0 Å². The molecule has 0 aromatic heterocycles. The Morgan fingerprint density at radius 2 is 1.65 bits per heavy atom. The molecule has 2 aromatic rings. The van der Waals surface area contributed by atoms with Crippen LogP contribution >= 0.6 is 11.8 Å². The molecule has 5 nitrogen and oxygen atoms in total. The molecule has 0 amide bonds. The van der Waals surface area contributed by atoms with Crippen molar-refractivity contribution in [2.75, 3.05) is 50.9 Å². The van der Waals surface area contributed by atoms with E-state index in [-0.39, 0.29) is 0 Å². The van der Waals surface area contributed by atoms with Gasteiger partial charge in [-0.25, -0.2) is 0 Å². The topological polar surface area (TPSA) is 73.7 Å². The van der Waals surface area contributed by atoms with Crippen LogP contribution in [0.5, 0.6) is 5.75 Å². The normalized spacial score (nSPS) is 15.1. The third kappa shape index (κ3) is 5.83. The Morgan fingerprint density at radius 1 is 0.923 bits per heavy atom. The first kappa shape index (κ1) is 18.9. The van der Waals surface area contributed by atoms with Crippen LogP contribution in [0.25, 0.3) is 0 Å². The molecule has 2 aromatic carbocycles. The average Bonchev–Trinajstić information content (AvgIpc) is 2.67. The largest absolute Gasteiger partial charge is 0.494 e. The summed E-state index contributed by atoms with van der Waals surface area (Å²) in [6.45, 7) is 5.73. The number of ether oxygens (including phenoxy) is 2. The minimum atomic E-state index is 0.617. The highest BCUT2D eigenvalue weighted by Gasteiger charge is 2.09. The van der Waals surface area contributed by atoms with E-state index in [2.05, 4.69) is 17.0 Å². The van der Waals surface area contributed by atoms with Crippen molar-refractivity contribution in [1.29, 1.82) is 0 Å². The van der Waals surface area contributed by atoms with Gasteiger partial charge in [-0.05, 0) is 61.9 Å². The van der Waals surface area contributed by atoms with Gasteiger partial charge in [-0.2, -0.15) is 0 Å². The number of unbranched alkanes of at least 4 members (excludes halogenated alkanes) is 1. The molecule has 3 rings (SSSR count). The molecule has 0 atom stereocenters. The number of nitrogens with two attached hydrogens (primary N) is 2. The molecule has 0 unspecified atom stereocenters. The van der Waals surface area contributed by atoms with Gasteiger partial charge in [0.1, 0.15) is 5.75 Å². The highest BCUT2D eigenvalue weighted by molar-refractivity contribution is 7.99. The fourth-order valence-electron chi connectivity index (χ4n) is 2.81. The van der Waals surface area contributed by atoms with Crippen LogP contribution in [0.1, 0.15) is 12.8 Å². The van der Waals surface area contributed by atoms with Crippen LogP contribution in [-0.4, -0.2) is 44.4 Å². The van der Waals surface area contributed by atoms with Crippen LogP contribution in [0.4, 0.5) is 11.4 Å². The van der Waals surface area contributed by atoms with Gasteiger partial charge in [-0.1, -0.05) is 11.8 Å². The predicted octanol–water partition coefficient (Wildman–Crippen LogP) is 3.49. The molecule has 26 heavy (non-hydrogen) atoms. The number of rotatable bonds is 8. The Morgan fingerprint density at radius 3 is 2.38 bits per heavy atom. The minimum absolute atomic E-state index is 0.617. The number of hydrogen-bond acceptors (Lipinski definition) is 6. The van der Waals surface area contributed by atoms with Gasteiger partial charge in [0, 0.05) is 22.9 Å². The van der Waals surface area contributed by atoms with Gasteiger partial charge in [0.25, 0.3) is 0 Å². The van der Waals surface area contributed by atoms with E-state index in [1.807, 2.05) is 30.3 Å². The summed E-state index contributed by atoms with van der Waals surface area (Å²) < 4.78 is 11.2. The highest BCUT2D eigenvalue weighted by atomic mass is 32.2. The SMILES string of the molecule is Nc1ccc(Sc2ccc(OCCCCN3CCOCC3)cc2)cc1N. The summed E-state index contributed by atoms with van der Waals surface area (Å²) >= 11 is 1.66. The zero-order valence-electron chi connectivity index (χ0n) is 15.0. The van der Waals surface area contributed by atoms with E-state index in [1.165, 1.54) is 0 Å². The minimum Gasteiger partial charge on any atom is -0.494 e. The Balaban J connectivity index is 1.37. The van der Waals surface area contributed by atoms with E-state index in [0.717, 1.165) is 67.8 Å². The average molecular weight is 374 g/mol. The van der Waals surface area contributed by atoms with Crippen molar-refractivity contribution < 1.29 is 9.47 Å². The first-order valence-electron chi connectivity index (χ1n) is 9.06. The van der Waals surface area contributed by atoms with Crippen LogP contribution in [0, 0.1) is 0 Å². The zero-order chi connectivity index (χ0) is 18.2. The van der Waals surface area contributed by atoms with E-state index in [9.17, 15) is 0 Å². The number of benzene rings is 2. The smallest absolute Gasteiger partial charge is 0.119 e. The van der Waals surface area contributed by atoms with Crippen molar-refractivity contribution in [3.63, 3.8) is 0 Å². The lowest BCUT2D eigenvalue weighted by Crippen LogP contribution is -2.36. The van der Waals surface area contributed by atoms with Crippen molar-refractivity contribution in [3.05, 3.63) is 42.5 Å². The van der Waals surface area contributed by atoms with Crippen molar-refractivity contribution in [2.45, 2.75) is 22.6 Å². The third-order valence-electron chi connectivity index (χ3n) is 4.36. The van der Waals surface area contributed by atoms with Gasteiger partial charge >= 0.3 is 0 Å². The van der Waals surface area contributed by atoms with Gasteiger partial charge < -0.3 is 20.9 Å². The summed E-state index contributed by atoms with van der Waals surface area (Å²) in [6, 6.07) is 13.9. The molecule has 0 saturated carbocycles. The van der Waals surface area contributed by atoms with Crippen molar-refractivity contribution in [1.82, 2.24) is 4.90 Å². The molecule has 1 aliphatic heterocycles. The number of morpholine rings is 1. The second-order valence-electron chi connectivity index (χ2n) is 6.37. The van der Waals surface area contributed by atoms with Gasteiger partial charge in [-0.3, -0.25) is 4.90 Å². The van der Waals surface area contributed by atoms with Gasteiger partial charge in [0.2, 0.25) is 0 Å². The number of nitrogen functional groups attached to an aromatic ring is 2. The van der Waals surface area contributed by atoms with E-state index in [0.29, 0.717) is 11.4 Å². The molecule has 140 valence electrons. The van der Waals surface area contributed by atoms with Gasteiger partial charge in [0.15, 0.2) is 0 Å². The Hall–Kier alpha value is -1.89. The second kappa shape index (κ2) is 9.71. The van der Waals surface area contributed by atoms with E-state index < -0.39 is 0 Å². The molecule has 0 aliphatic carbocycles. The molecule has 0 bridgehead atoms. The summed E-state index contributed by atoms with van der Waals surface area (Å²) in [5.41, 5.74) is 12.8. The molecular weight excluding hydrogens is 346 g/mol. The molecule has 1 saturated heterocycles. The molecule has 6 heteroatoms. The van der Waals surface area contributed by atoms with Gasteiger partial charge in [-0.15, -0.1) is 0 Å². The third-order valence-corrected chi connectivity index (χ3v) is 5.36. The lowest BCUT2D eigenvalue weighted by atomic mass is 10.3. The summed E-state index contributed by atoms with van der Waals surface area (Å²) in [5.74, 6) is 0.914. The number of anilines is 2. The van der Waals surface area contributed by atoms with Crippen LogP contribution < -0.4 is 16.2 Å². The van der Waals surface area contributed by atoms with E-state index in [1.54, 1.807) is 11.8 Å². The fourth-order valence-corrected chi connectivity index (χ4v) is 3.67. The standard InChI is InChI=1S/C20H27N3O2S/c21-19-8-7-18(15-20(19)22)26-17-5-3-16(4-6-17)25-12-2-1-9-23-10-13-24-14-11-23/h3-8,15H,1-2,9-14,21-22H2. The Kier molecular flexibility index (Phi) is 7.05. The molecule has 1 heterocycles. The number of hydrogen-bond donors (Lipinski definition) is 2. The Labute approximate surface area is 159 Å². The lowest BCUT2D eigenvalue weighted by molar-refractivity contribution is 0.0368. The van der Waals surface area contributed by atoms with E-state index in [4.69, 9.17) is 20.9 Å². The summed E-state index contributed by atoms with van der Waals surface area (Å²) in [6.07, 6.45) is 2.23. The maximum absolute atomic E-state index is 5.86. The van der Waals surface area contributed by atoms with Crippen LogP contribution in [0.3, 0.4) is 0 Å². The first-order valence-corrected chi connectivity index (χ1v) is 9.88. The van der Waals surface area contributed by atoms with Crippen LogP contribution in [-0.2, 0) is 4.74 Å².